The molecule has 2 aromatic rings. The third-order valence-corrected chi connectivity index (χ3v) is 5.40. The van der Waals surface area contributed by atoms with Gasteiger partial charge in [-0.2, -0.15) is 0 Å². The molecule has 0 aliphatic rings. The van der Waals surface area contributed by atoms with Crippen LogP contribution in [-0.4, -0.2) is 78.8 Å². The van der Waals surface area contributed by atoms with Gasteiger partial charge in [-0.15, -0.1) is 15.0 Å². The fourth-order valence-corrected chi connectivity index (χ4v) is 3.60. The van der Waals surface area contributed by atoms with Crippen molar-refractivity contribution in [1.82, 2.24) is 15.0 Å². The molecule has 2 unspecified atom stereocenters. The van der Waals surface area contributed by atoms with Crippen molar-refractivity contribution in [2.45, 2.75) is 73.5 Å². The Bertz CT molecular complexity index is 1150. The van der Waals surface area contributed by atoms with E-state index in [0.29, 0.717) is 37.7 Å². The molecule has 2 rings (SSSR count). The molecular formula is C28H41N3O10. The van der Waals surface area contributed by atoms with E-state index in [-0.39, 0.29) is 35.6 Å². The molecule has 13 heteroatoms. The first-order valence-electron chi connectivity index (χ1n) is 13.7. The molecule has 0 saturated carbocycles. The van der Waals surface area contributed by atoms with E-state index < -0.39 is 30.4 Å². The lowest BCUT2D eigenvalue weighted by atomic mass is 10.1. The van der Waals surface area contributed by atoms with Crippen molar-refractivity contribution in [1.29, 1.82) is 0 Å². The van der Waals surface area contributed by atoms with E-state index in [1.54, 1.807) is 33.8 Å². The van der Waals surface area contributed by atoms with Crippen LogP contribution >= 0.6 is 0 Å². The molecule has 41 heavy (non-hydrogen) atoms. The quantitative estimate of drug-likeness (QED) is 0.112. The number of aromatic nitrogens is 3. The summed E-state index contributed by atoms with van der Waals surface area (Å²) in [5.41, 5.74) is -0.435. The first kappa shape index (κ1) is 33.5. The summed E-state index contributed by atoms with van der Waals surface area (Å²) in [6.07, 6.45) is -2.93. The second kappa shape index (κ2) is 16.5. The maximum absolute atomic E-state index is 13.6. The van der Waals surface area contributed by atoms with Crippen LogP contribution in [-0.2, 0) is 23.7 Å². The predicted octanol–water partition coefficient (Wildman–Crippen LogP) is 4.58. The second-order valence-electron chi connectivity index (χ2n) is 9.29. The van der Waals surface area contributed by atoms with E-state index in [4.69, 9.17) is 33.2 Å². The van der Waals surface area contributed by atoms with Gasteiger partial charge in [-0.05, 0) is 52.8 Å². The molecule has 0 fully saturated rings. The highest BCUT2D eigenvalue weighted by atomic mass is 16.8. The molecule has 0 radical (unpaired) electrons. The average molecular weight is 580 g/mol. The summed E-state index contributed by atoms with van der Waals surface area (Å²) in [6.45, 7) is 13.6. The minimum absolute atomic E-state index is 0.0469. The maximum Gasteiger partial charge on any atom is 0.512 e. The Morgan fingerprint density at radius 3 is 2.20 bits per heavy atom. The lowest BCUT2D eigenvalue weighted by molar-refractivity contribution is -0.143. The highest BCUT2D eigenvalue weighted by Gasteiger charge is 2.32. The molecule has 0 amide bonds. The van der Waals surface area contributed by atoms with Gasteiger partial charge in [0.15, 0.2) is 17.2 Å². The number of esters is 1. The van der Waals surface area contributed by atoms with Gasteiger partial charge in [0.1, 0.15) is 0 Å². The molecule has 13 nitrogen and oxygen atoms in total. The van der Waals surface area contributed by atoms with Gasteiger partial charge in [-0.3, -0.25) is 4.79 Å². The number of rotatable bonds is 17. The molecule has 2 atom stereocenters. The third-order valence-electron chi connectivity index (χ3n) is 5.40. The van der Waals surface area contributed by atoms with Crippen molar-refractivity contribution in [3.63, 3.8) is 0 Å². The van der Waals surface area contributed by atoms with Crippen molar-refractivity contribution in [3.8, 4) is 11.5 Å². The molecule has 1 aromatic carbocycles. The maximum atomic E-state index is 13.6. The average Bonchev–Trinajstić information content (AvgIpc) is 3.36. The van der Waals surface area contributed by atoms with E-state index in [1.165, 1.54) is 19.2 Å². The zero-order chi connectivity index (χ0) is 30.5. The highest BCUT2D eigenvalue weighted by Crippen LogP contribution is 2.30. The molecule has 0 saturated heterocycles. The molecule has 0 N–H and O–H groups in total. The van der Waals surface area contributed by atoms with Crippen LogP contribution in [0.2, 0.25) is 0 Å². The Kier molecular flexibility index (Phi) is 13.5. The van der Waals surface area contributed by atoms with Crippen molar-refractivity contribution in [3.05, 3.63) is 35.2 Å². The van der Waals surface area contributed by atoms with E-state index in [0.717, 1.165) is 4.80 Å². The Balaban J connectivity index is 2.42. The van der Waals surface area contributed by atoms with E-state index in [1.807, 2.05) is 20.8 Å². The van der Waals surface area contributed by atoms with Crippen LogP contribution in [0.3, 0.4) is 0 Å². The van der Waals surface area contributed by atoms with Gasteiger partial charge in [-0.25, -0.2) is 9.59 Å². The lowest BCUT2D eigenvalue weighted by Gasteiger charge is -2.22. The summed E-state index contributed by atoms with van der Waals surface area (Å²) in [5.74, 6) is -1.07. The Hall–Kier alpha value is -3.71. The van der Waals surface area contributed by atoms with E-state index in [9.17, 15) is 14.4 Å². The van der Waals surface area contributed by atoms with Crippen molar-refractivity contribution in [2.75, 3.05) is 33.5 Å². The van der Waals surface area contributed by atoms with Gasteiger partial charge in [0.05, 0.1) is 26.4 Å². The van der Waals surface area contributed by atoms with Gasteiger partial charge in [0.2, 0.25) is 24.0 Å². The fourth-order valence-electron chi connectivity index (χ4n) is 3.60. The minimum Gasteiger partial charge on any atom is -0.493 e. The van der Waals surface area contributed by atoms with Crippen molar-refractivity contribution < 1.29 is 47.5 Å². The molecule has 1 aromatic heterocycles. The summed E-state index contributed by atoms with van der Waals surface area (Å²) in [5, 5.41) is 8.47. The van der Waals surface area contributed by atoms with Crippen LogP contribution in [0.1, 0.15) is 87.7 Å². The normalized spacial score (nSPS) is 12.6. The SMILES string of the molecule is CCOCCC(OCC)OC(=O)OC(C(C)C)n1nc(C(=O)OCC)c(C(=O)c2ccc(OC)c(OC(C)C)c2)n1. The summed E-state index contributed by atoms with van der Waals surface area (Å²) < 4.78 is 37.8. The first-order valence-corrected chi connectivity index (χ1v) is 13.7. The monoisotopic (exact) mass is 579 g/mol. The second-order valence-corrected chi connectivity index (χ2v) is 9.29. The van der Waals surface area contributed by atoms with Crippen LogP contribution in [0.4, 0.5) is 4.79 Å². The standard InChI is InChI=1S/C28H41N3O10/c1-9-36-15-14-22(37-10-2)40-28(34)41-26(17(4)5)31-29-23(24(30-31)27(33)38-11-3)25(32)19-12-13-20(35-8)21(16-19)39-18(6)7/h12-13,16-18,22,26H,9-11,14-15H2,1-8H3. The Morgan fingerprint density at radius 1 is 0.902 bits per heavy atom. The van der Waals surface area contributed by atoms with E-state index in [2.05, 4.69) is 10.2 Å². The summed E-state index contributed by atoms with van der Waals surface area (Å²) in [4.78, 5) is 40.1. The first-order chi connectivity index (χ1) is 19.6. The van der Waals surface area contributed by atoms with Crippen LogP contribution < -0.4 is 9.47 Å². The van der Waals surface area contributed by atoms with Gasteiger partial charge >= 0.3 is 12.1 Å². The van der Waals surface area contributed by atoms with Gasteiger partial charge in [-0.1, -0.05) is 13.8 Å². The number of carbonyl (C=O) groups is 3. The number of hydrogen-bond donors (Lipinski definition) is 0. The number of nitrogens with zero attached hydrogens (tertiary/aromatic N) is 3. The highest BCUT2D eigenvalue weighted by molar-refractivity contribution is 6.12. The molecule has 0 spiro atoms. The number of ether oxygens (including phenoxy) is 7. The summed E-state index contributed by atoms with van der Waals surface area (Å²) >= 11 is 0. The van der Waals surface area contributed by atoms with Crippen LogP contribution in [0.25, 0.3) is 0 Å². The van der Waals surface area contributed by atoms with Gasteiger partial charge in [0, 0.05) is 31.1 Å². The largest absolute Gasteiger partial charge is 0.512 e. The lowest BCUT2D eigenvalue weighted by Crippen LogP contribution is -2.29. The predicted molar refractivity (Wildman–Crippen MR) is 146 cm³/mol. The Labute approximate surface area is 240 Å². The number of carbonyl (C=O) groups excluding carboxylic acids is 3. The molecule has 0 bridgehead atoms. The van der Waals surface area contributed by atoms with Crippen molar-refractivity contribution in [2.24, 2.45) is 5.92 Å². The molecular weight excluding hydrogens is 538 g/mol. The topological polar surface area (TPSA) is 147 Å². The van der Waals surface area contributed by atoms with Gasteiger partial charge in [0.25, 0.3) is 0 Å². The molecule has 0 aliphatic heterocycles. The smallest absolute Gasteiger partial charge is 0.493 e. The zero-order valence-corrected chi connectivity index (χ0v) is 25.0. The molecule has 228 valence electrons. The fraction of sp³-hybridized carbons (Fsp3) is 0.607. The number of hydrogen-bond acceptors (Lipinski definition) is 12. The van der Waals surface area contributed by atoms with Crippen LogP contribution in [0, 0.1) is 5.92 Å². The van der Waals surface area contributed by atoms with Gasteiger partial charge < -0.3 is 33.2 Å². The number of benzene rings is 1. The third kappa shape index (κ3) is 9.71. The molecule has 0 aliphatic carbocycles. The number of ketones is 1. The summed E-state index contributed by atoms with van der Waals surface area (Å²) in [6, 6.07) is 4.60. The zero-order valence-electron chi connectivity index (χ0n) is 25.0. The minimum atomic E-state index is -1.12. The van der Waals surface area contributed by atoms with Crippen LogP contribution in [0.15, 0.2) is 18.2 Å². The molecule has 1 heterocycles. The summed E-state index contributed by atoms with van der Waals surface area (Å²) in [7, 11) is 1.49. The van der Waals surface area contributed by atoms with Crippen LogP contribution in [0.5, 0.6) is 11.5 Å². The van der Waals surface area contributed by atoms with E-state index >= 15 is 0 Å². The van der Waals surface area contributed by atoms with Crippen molar-refractivity contribution >= 4 is 17.9 Å². The number of methoxy groups -OCH3 is 1. The Morgan fingerprint density at radius 2 is 1.61 bits per heavy atom.